The first-order valence-corrected chi connectivity index (χ1v) is 6.02. The molecule has 1 aromatic rings. The lowest BCUT2D eigenvalue weighted by Crippen LogP contribution is -2.15. The molecule has 0 amide bonds. The van der Waals surface area contributed by atoms with Crippen LogP contribution in [0.5, 0.6) is 5.75 Å². The first-order chi connectivity index (χ1) is 8.29. The number of hydrogen-bond donors (Lipinski definition) is 1. The van der Waals surface area contributed by atoms with Crippen molar-refractivity contribution in [3.8, 4) is 5.75 Å². The van der Waals surface area contributed by atoms with E-state index in [0.29, 0.717) is 19.2 Å². The molecule has 1 aromatic carbocycles. The van der Waals surface area contributed by atoms with Gasteiger partial charge in [0.1, 0.15) is 0 Å². The summed E-state index contributed by atoms with van der Waals surface area (Å²) in [5.74, 6) is -0.0894. The van der Waals surface area contributed by atoms with E-state index in [9.17, 15) is 4.39 Å². The molecule has 94 valence electrons. The molecule has 0 radical (unpaired) electrons. The fraction of sp³-hybridized carbons (Fsp3) is 0.538. The number of hydrogen-bond acceptors (Lipinski definition) is 3. The van der Waals surface area contributed by atoms with E-state index in [4.69, 9.17) is 9.47 Å². The molecule has 3 nitrogen and oxygen atoms in total. The number of ether oxygens (including phenoxy) is 2. The summed E-state index contributed by atoms with van der Waals surface area (Å²) < 4.78 is 23.8. The van der Waals surface area contributed by atoms with E-state index in [1.54, 1.807) is 6.07 Å². The zero-order valence-electron chi connectivity index (χ0n) is 10.0. The molecule has 0 bridgehead atoms. The fourth-order valence-corrected chi connectivity index (χ4v) is 1.51. The molecule has 0 aliphatic heterocycles. The number of halogens is 1. The van der Waals surface area contributed by atoms with Crippen LogP contribution >= 0.6 is 0 Å². The highest BCUT2D eigenvalue weighted by Gasteiger charge is 2.20. The molecule has 2 rings (SSSR count). The third kappa shape index (κ3) is 3.98. The molecule has 0 saturated heterocycles. The van der Waals surface area contributed by atoms with Crippen molar-refractivity contribution in [3.05, 3.63) is 29.6 Å². The van der Waals surface area contributed by atoms with Crippen molar-refractivity contribution < 1.29 is 13.9 Å². The Kier molecular flexibility index (Phi) is 4.34. The van der Waals surface area contributed by atoms with E-state index in [-0.39, 0.29) is 18.4 Å². The number of nitrogens with one attached hydrogen (secondary N) is 1. The zero-order valence-corrected chi connectivity index (χ0v) is 10.0. The van der Waals surface area contributed by atoms with Crippen molar-refractivity contribution in [2.75, 3.05) is 13.4 Å². The highest BCUT2D eigenvalue weighted by molar-refractivity contribution is 5.29. The predicted molar refractivity (Wildman–Crippen MR) is 63.4 cm³/mol. The minimum Gasteiger partial charge on any atom is -0.464 e. The summed E-state index contributed by atoms with van der Waals surface area (Å²) in [6, 6.07) is 5.67. The van der Waals surface area contributed by atoms with Crippen LogP contribution in [-0.4, -0.2) is 19.4 Å². The van der Waals surface area contributed by atoms with Gasteiger partial charge in [0, 0.05) is 19.2 Å². The Hall–Kier alpha value is -1.13. The van der Waals surface area contributed by atoms with Crippen molar-refractivity contribution >= 4 is 0 Å². The molecule has 0 unspecified atom stereocenters. The van der Waals surface area contributed by atoms with Gasteiger partial charge in [0.25, 0.3) is 0 Å². The molecule has 1 saturated carbocycles. The second kappa shape index (κ2) is 5.98. The van der Waals surface area contributed by atoms with Crippen LogP contribution in [0.2, 0.25) is 0 Å². The number of benzene rings is 1. The Balaban J connectivity index is 1.85. The molecular weight excluding hydrogens is 221 g/mol. The summed E-state index contributed by atoms with van der Waals surface area (Å²) in [6.45, 7) is 3.23. The van der Waals surface area contributed by atoms with Crippen LogP contribution in [-0.2, 0) is 11.3 Å². The van der Waals surface area contributed by atoms with Gasteiger partial charge in [0.15, 0.2) is 18.4 Å². The van der Waals surface area contributed by atoms with Crippen molar-refractivity contribution in [1.29, 1.82) is 0 Å². The quantitative estimate of drug-likeness (QED) is 0.585. The standard InChI is InChI=1S/C13H18FNO2/c1-2-16-9-17-13-6-3-10(7-12(13)14)8-15-11-4-5-11/h3,6-7,11,15H,2,4-5,8-9H2,1H3. The van der Waals surface area contributed by atoms with Gasteiger partial charge in [-0.2, -0.15) is 0 Å². The van der Waals surface area contributed by atoms with Crippen LogP contribution in [0.3, 0.4) is 0 Å². The van der Waals surface area contributed by atoms with Gasteiger partial charge in [-0.25, -0.2) is 4.39 Å². The molecule has 4 heteroatoms. The average Bonchev–Trinajstić information content (AvgIpc) is 3.13. The summed E-state index contributed by atoms with van der Waals surface area (Å²) in [6.07, 6.45) is 2.47. The highest BCUT2D eigenvalue weighted by Crippen LogP contribution is 2.21. The van der Waals surface area contributed by atoms with Crippen LogP contribution in [0, 0.1) is 5.82 Å². The molecule has 0 heterocycles. The molecule has 1 fully saturated rings. The molecule has 17 heavy (non-hydrogen) atoms. The molecular formula is C13H18FNO2. The van der Waals surface area contributed by atoms with Gasteiger partial charge in [-0.15, -0.1) is 0 Å². The summed E-state index contributed by atoms with van der Waals surface area (Å²) in [7, 11) is 0. The Morgan fingerprint density at radius 2 is 2.24 bits per heavy atom. The Labute approximate surface area is 101 Å². The molecule has 1 aliphatic rings. The van der Waals surface area contributed by atoms with Crippen LogP contribution in [0.1, 0.15) is 25.3 Å². The van der Waals surface area contributed by atoms with Crippen LogP contribution < -0.4 is 10.1 Å². The fourth-order valence-electron chi connectivity index (χ4n) is 1.51. The van der Waals surface area contributed by atoms with E-state index >= 15 is 0 Å². The number of rotatable bonds is 7. The van der Waals surface area contributed by atoms with Gasteiger partial charge in [-0.05, 0) is 37.5 Å². The highest BCUT2D eigenvalue weighted by atomic mass is 19.1. The largest absolute Gasteiger partial charge is 0.464 e. The monoisotopic (exact) mass is 239 g/mol. The third-order valence-corrected chi connectivity index (χ3v) is 2.67. The summed E-state index contributed by atoms with van der Waals surface area (Å²) in [5.41, 5.74) is 0.943. The lowest BCUT2D eigenvalue weighted by Gasteiger charge is -2.08. The van der Waals surface area contributed by atoms with E-state index in [2.05, 4.69) is 5.32 Å². The average molecular weight is 239 g/mol. The Bertz CT molecular complexity index is 366. The van der Waals surface area contributed by atoms with E-state index in [0.717, 1.165) is 5.56 Å². The molecule has 0 spiro atoms. The smallest absolute Gasteiger partial charge is 0.189 e. The molecule has 0 aromatic heterocycles. The van der Waals surface area contributed by atoms with Gasteiger partial charge >= 0.3 is 0 Å². The molecule has 1 N–H and O–H groups in total. The van der Waals surface area contributed by atoms with Crippen molar-refractivity contribution in [2.24, 2.45) is 0 Å². The van der Waals surface area contributed by atoms with Gasteiger partial charge in [-0.3, -0.25) is 0 Å². The summed E-state index contributed by atoms with van der Waals surface area (Å²) in [4.78, 5) is 0. The van der Waals surface area contributed by atoms with Crippen molar-refractivity contribution in [1.82, 2.24) is 5.32 Å². The first-order valence-electron chi connectivity index (χ1n) is 6.02. The van der Waals surface area contributed by atoms with Crippen LogP contribution in [0.4, 0.5) is 4.39 Å². The summed E-state index contributed by atoms with van der Waals surface area (Å²) >= 11 is 0. The molecule has 1 aliphatic carbocycles. The van der Waals surface area contributed by atoms with Crippen molar-refractivity contribution in [3.63, 3.8) is 0 Å². The Morgan fingerprint density at radius 1 is 1.41 bits per heavy atom. The van der Waals surface area contributed by atoms with Crippen LogP contribution in [0.15, 0.2) is 18.2 Å². The second-order valence-electron chi connectivity index (χ2n) is 4.17. The topological polar surface area (TPSA) is 30.5 Å². The lowest BCUT2D eigenvalue weighted by molar-refractivity contribution is 0.0201. The van der Waals surface area contributed by atoms with Gasteiger partial charge in [0.2, 0.25) is 0 Å². The maximum Gasteiger partial charge on any atom is 0.189 e. The lowest BCUT2D eigenvalue weighted by atomic mass is 10.2. The molecule has 0 atom stereocenters. The Morgan fingerprint density at radius 3 is 2.88 bits per heavy atom. The van der Waals surface area contributed by atoms with E-state index in [1.807, 2.05) is 13.0 Å². The van der Waals surface area contributed by atoms with Gasteiger partial charge < -0.3 is 14.8 Å². The first kappa shape index (κ1) is 12.3. The van der Waals surface area contributed by atoms with Crippen molar-refractivity contribution in [2.45, 2.75) is 32.4 Å². The van der Waals surface area contributed by atoms with Gasteiger partial charge in [0.05, 0.1) is 0 Å². The van der Waals surface area contributed by atoms with Crippen LogP contribution in [0.25, 0.3) is 0 Å². The third-order valence-electron chi connectivity index (χ3n) is 2.67. The normalized spacial score (nSPS) is 14.9. The zero-order chi connectivity index (χ0) is 12.1. The maximum atomic E-state index is 13.6. The maximum absolute atomic E-state index is 13.6. The predicted octanol–water partition coefficient (Wildman–Crippen LogP) is 2.45. The van der Waals surface area contributed by atoms with E-state index < -0.39 is 0 Å². The van der Waals surface area contributed by atoms with E-state index in [1.165, 1.54) is 18.9 Å². The minimum absolute atomic E-state index is 0.0904. The minimum atomic E-state index is -0.334. The second-order valence-corrected chi connectivity index (χ2v) is 4.17. The summed E-state index contributed by atoms with van der Waals surface area (Å²) in [5, 5.41) is 3.34. The SMILES string of the molecule is CCOCOc1ccc(CNC2CC2)cc1F. The van der Waals surface area contributed by atoms with Gasteiger partial charge in [-0.1, -0.05) is 6.07 Å².